The van der Waals surface area contributed by atoms with Gasteiger partial charge in [0.15, 0.2) is 0 Å². The minimum absolute atomic E-state index is 0.708. The summed E-state index contributed by atoms with van der Waals surface area (Å²) in [7, 11) is 0. The van der Waals surface area contributed by atoms with Gasteiger partial charge in [-0.1, -0.05) is 18.2 Å². The summed E-state index contributed by atoms with van der Waals surface area (Å²) in [6, 6.07) is 10.4. The molecule has 0 amide bonds. The summed E-state index contributed by atoms with van der Waals surface area (Å²) in [4.78, 5) is 4.66. The molecule has 1 aromatic heterocycles. The predicted octanol–water partition coefficient (Wildman–Crippen LogP) is 3.29. The molecular formula is C13H12N. The van der Waals surface area contributed by atoms with Gasteiger partial charge >= 0.3 is 0 Å². The zero-order valence-corrected chi connectivity index (χ0v) is 8.03. The van der Waals surface area contributed by atoms with E-state index in [-0.39, 0.29) is 0 Å². The third kappa shape index (κ3) is 1.20. The van der Waals surface area contributed by atoms with E-state index in [1.807, 2.05) is 12.1 Å². The fourth-order valence-electron chi connectivity index (χ4n) is 1.86. The minimum atomic E-state index is 0.708. The standard InChI is InChI=1S/C13H12N/c1-9-8-13(10-6-7-10)14-12-5-3-2-4-11(9)12/h2-5,8,10H,1,6-7H2. The Hall–Kier alpha value is -1.37. The topological polar surface area (TPSA) is 12.9 Å². The van der Waals surface area contributed by atoms with Gasteiger partial charge in [0.25, 0.3) is 0 Å². The smallest absolute Gasteiger partial charge is 0.0708 e. The number of rotatable bonds is 1. The van der Waals surface area contributed by atoms with Crippen molar-refractivity contribution in [1.82, 2.24) is 4.98 Å². The van der Waals surface area contributed by atoms with Crippen LogP contribution in [-0.4, -0.2) is 4.98 Å². The van der Waals surface area contributed by atoms with Gasteiger partial charge in [-0.25, -0.2) is 0 Å². The van der Waals surface area contributed by atoms with Crippen molar-refractivity contribution in [3.8, 4) is 0 Å². The highest BCUT2D eigenvalue weighted by Gasteiger charge is 2.25. The number of fused-ring (bicyclic) bond motifs is 1. The van der Waals surface area contributed by atoms with Crippen molar-refractivity contribution in [3.63, 3.8) is 0 Å². The number of aromatic nitrogens is 1. The van der Waals surface area contributed by atoms with E-state index in [4.69, 9.17) is 0 Å². The molecule has 0 spiro atoms. The van der Waals surface area contributed by atoms with Crippen LogP contribution >= 0.6 is 0 Å². The predicted molar refractivity (Wildman–Crippen MR) is 58.2 cm³/mol. The third-order valence-electron chi connectivity index (χ3n) is 2.82. The molecule has 0 saturated heterocycles. The number of benzene rings is 1. The maximum atomic E-state index is 4.66. The Morgan fingerprint density at radius 3 is 2.79 bits per heavy atom. The van der Waals surface area contributed by atoms with Gasteiger partial charge in [0, 0.05) is 17.0 Å². The molecule has 1 aliphatic carbocycles. The molecule has 1 heterocycles. The highest BCUT2D eigenvalue weighted by atomic mass is 14.7. The van der Waals surface area contributed by atoms with Gasteiger partial charge in [0.05, 0.1) is 5.52 Å². The molecule has 69 valence electrons. The molecule has 0 N–H and O–H groups in total. The second kappa shape index (κ2) is 2.81. The van der Waals surface area contributed by atoms with Crippen LogP contribution < -0.4 is 0 Å². The first-order valence-electron chi connectivity index (χ1n) is 5.06. The largest absolute Gasteiger partial charge is 0.253 e. The number of hydrogen-bond donors (Lipinski definition) is 0. The van der Waals surface area contributed by atoms with Crippen LogP contribution in [0.25, 0.3) is 10.9 Å². The maximum absolute atomic E-state index is 4.66. The van der Waals surface area contributed by atoms with E-state index in [0.29, 0.717) is 5.92 Å². The molecule has 1 fully saturated rings. The Morgan fingerprint density at radius 1 is 1.21 bits per heavy atom. The van der Waals surface area contributed by atoms with Gasteiger partial charge in [-0.05, 0) is 37.5 Å². The first-order chi connectivity index (χ1) is 6.84. The molecule has 14 heavy (non-hydrogen) atoms. The fraction of sp³-hybridized carbons (Fsp3) is 0.231. The quantitative estimate of drug-likeness (QED) is 0.659. The molecular weight excluding hydrogens is 170 g/mol. The van der Waals surface area contributed by atoms with Crippen LogP contribution in [0.3, 0.4) is 0 Å². The lowest BCUT2D eigenvalue weighted by Gasteiger charge is -2.04. The van der Waals surface area contributed by atoms with Crippen molar-refractivity contribution in [2.75, 3.05) is 0 Å². The van der Waals surface area contributed by atoms with Crippen LogP contribution in [0, 0.1) is 6.92 Å². The second-order valence-electron chi connectivity index (χ2n) is 4.00. The van der Waals surface area contributed by atoms with E-state index in [1.165, 1.54) is 23.9 Å². The number of hydrogen-bond acceptors (Lipinski definition) is 1. The van der Waals surface area contributed by atoms with E-state index in [9.17, 15) is 0 Å². The number of para-hydroxylation sites is 1. The minimum Gasteiger partial charge on any atom is -0.253 e. The van der Waals surface area contributed by atoms with Crippen molar-refractivity contribution in [1.29, 1.82) is 0 Å². The van der Waals surface area contributed by atoms with Gasteiger partial charge in [0.1, 0.15) is 0 Å². The molecule has 0 bridgehead atoms. The van der Waals surface area contributed by atoms with Gasteiger partial charge in [-0.3, -0.25) is 4.98 Å². The van der Waals surface area contributed by atoms with Crippen molar-refractivity contribution >= 4 is 10.9 Å². The Balaban J connectivity index is 2.27. The summed E-state index contributed by atoms with van der Waals surface area (Å²) in [6.07, 6.45) is 2.59. The summed E-state index contributed by atoms with van der Waals surface area (Å²) >= 11 is 0. The molecule has 1 aromatic carbocycles. The van der Waals surface area contributed by atoms with Crippen LogP contribution in [0.2, 0.25) is 0 Å². The van der Waals surface area contributed by atoms with Crippen molar-refractivity contribution in [2.24, 2.45) is 0 Å². The molecule has 0 unspecified atom stereocenters. The summed E-state index contributed by atoms with van der Waals surface area (Å²) < 4.78 is 0. The SMILES string of the molecule is [CH2]c1cc(C2CC2)nc2ccccc12. The molecule has 1 nitrogen and oxygen atoms in total. The monoisotopic (exact) mass is 182 g/mol. The van der Waals surface area contributed by atoms with Gasteiger partial charge in [-0.15, -0.1) is 0 Å². The summed E-state index contributed by atoms with van der Waals surface area (Å²) in [5.41, 5.74) is 3.42. The van der Waals surface area contributed by atoms with Crippen molar-refractivity contribution in [2.45, 2.75) is 18.8 Å². The molecule has 1 radical (unpaired) electrons. The fourth-order valence-corrected chi connectivity index (χ4v) is 1.86. The summed E-state index contributed by atoms with van der Waals surface area (Å²) in [5.74, 6) is 0.708. The molecule has 1 saturated carbocycles. The third-order valence-corrected chi connectivity index (χ3v) is 2.82. The summed E-state index contributed by atoms with van der Waals surface area (Å²) in [5, 5.41) is 1.18. The van der Waals surface area contributed by atoms with E-state index in [2.05, 4.69) is 30.1 Å². The highest BCUT2D eigenvalue weighted by molar-refractivity contribution is 5.83. The highest BCUT2D eigenvalue weighted by Crippen LogP contribution is 2.39. The Bertz CT molecular complexity index is 484. The molecule has 1 heteroatoms. The van der Waals surface area contributed by atoms with Gasteiger partial charge < -0.3 is 0 Å². The Labute approximate surface area is 83.8 Å². The second-order valence-corrected chi connectivity index (χ2v) is 4.00. The summed E-state index contributed by atoms with van der Waals surface area (Å²) in [6.45, 7) is 4.08. The number of nitrogens with zero attached hydrogens (tertiary/aromatic N) is 1. The molecule has 0 atom stereocenters. The molecule has 2 aromatic rings. The van der Waals surface area contributed by atoms with Crippen LogP contribution in [-0.2, 0) is 0 Å². The van der Waals surface area contributed by atoms with Crippen LogP contribution in [0.15, 0.2) is 30.3 Å². The van der Waals surface area contributed by atoms with Gasteiger partial charge in [-0.2, -0.15) is 0 Å². The Morgan fingerprint density at radius 2 is 2.00 bits per heavy atom. The zero-order chi connectivity index (χ0) is 9.54. The van der Waals surface area contributed by atoms with E-state index in [1.54, 1.807) is 0 Å². The Kier molecular flexibility index (Phi) is 1.60. The molecule has 1 aliphatic rings. The van der Waals surface area contributed by atoms with Crippen molar-refractivity contribution < 1.29 is 0 Å². The first kappa shape index (κ1) is 7.98. The average molecular weight is 182 g/mol. The maximum Gasteiger partial charge on any atom is 0.0708 e. The average Bonchev–Trinajstić information content (AvgIpc) is 3.01. The van der Waals surface area contributed by atoms with E-state index in [0.717, 1.165) is 11.1 Å². The lowest BCUT2D eigenvalue weighted by Crippen LogP contribution is -1.90. The lowest BCUT2D eigenvalue weighted by atomic mass is 10.1. The molecule has 0 aliphatic heterocycles. The normalized spacial score (nSPS) is 16.1. The zero-order valence-electron chi connectivity index (χ0n) is 8.03. The van der Waals surface area contributed by atoms with Gasteiger partial charge in [0.2, 0.25) is 0 Å². The van der Waals surface area contributed by atoms with Crippen LogP contribution in [0.5, 0.6) is 0 Å². The van der Waals surface area contributed by atoms with Crippen LogP contribution in [0.1, 0.15) is 30.0 Å². The van der Waals surface area contributed by atoms with Crippen LogP contribution in [0.4, 0.5) is 0 Å². The lowest BCUT2D eigenvalue weighted by molar-refractivity contribution is 1.04. The number of pyridine rings is 1. The van der Waals surface area contributed by atoms with Crippen molar-refractivity contribution in [3.05, 3.63) is 48.5 Å². The van der Waals surface area contributed by atoms with E-state index < -0.39 is 0 Å². The first-order valence-corrected chi connectivity index (χ1v) is 5.06. The molecule has 3 rings (SSSR count). The van der Waals surface area contributed by atoms with E-state index >= 15 is 0 Å².